The van der Waals surface area contributed by atoms with Gasteiger partial charge in [0.05, 0.1) is 7.59 Å². The van der Waals surface area contributed by atoms with Crippen LogP contribution >= 0.6 is 0 Å². The summed E-state index contributed by atoms with van der Waals surface area (Å²) in [6.07, 6.45) is 0. The van der Waals surface area contributed by atoms with Gasteiger partial charge in [0.1, 0.15) is 0 Å². The lowest BCUT2D eigenvalue weighted by atomic mass is 11.8. The summed E-state index contributed by atoms with van der Waals surface area (Å²) in [5, 5.41) is 4.10. The van der Waals surface area contributed by atoms with Crippen LogP contribution in [0.2, 0.25) is 39.3 Å². The third kappa shape index (κ3) is 7.23. The molecule has 0 aliphatic rings. The molecule has 12 heavy (non-hydrogen) atoms. The van der Waals surface area contributed by atoms with E-state index in [0.29, 0.717) is 0 Å². The maximum Gasteiger partial charge on any atom is 0.415 e. The number of hydrogen-bond acceptors (Lipinski definition) is 1. The molecule has 0 aliphatic carbocycles. The second-order valence-corrected chi connectivity index (χ2v) is 23.0. The monoisotopic (exact) mass is 223 g/mol. The van der Waals surface area contributed by atoms with Gasteiger partial charge in [-0.25, -0.2) is 0 Å². The molecule has 0 aliphatic heterocycles. The molecule has 0 saturated heterocycles. The predicted octanol–water partition coefficient (Wildman–Crippen LogP) is 1.17. The average Bonchev–Trinajstić information content (AvgIpc) is 1.56. The number of rotatable bonds is 3. The maximum atomic E-state index is 6.03. The van der Waals surface area contributed by atoms with Crippen molar-refractivity contribution in [1.82, 2.24) is 0 Å². The first kappa shape index (κ1) is 15.1. The van der Waals surface area contributed by atoms with Crippen LogP contribution in [0.5, 0.6) is 0 Å². The van der Waals surface area contributed by atoms with Gasteiger partial charge < -0.3 is 16.9 Å². The Kier molecular flexibility index (Phi) is 5.91. The molecule has 0 fully saturated rings. The topological polar surface area (TPSA) is 36.9 Å². The number of hydrogen-bond donors (Lipinski definition) is 1. The van der Waals surface area contributed by atoms with E-state index in [4.69, 9.17) is 4.12 Å². The lowest BCUT2D eigenvalue weighted by molar-refractivity contribution is -0.226. The molecule has 0 aromatic carbocycles. The summed E-state index contributed by atoms with van der Waals surface area (Å²) >= 11 is 0. The number of quaternary nitrogens is 1. The summed E-state index contributed by atoms with van der Waals surface area (Å²) < 4.78 is 6.03. The van der Waals surface area contributed by atoms with Crippen molar-refractivity contribution in [3.8, 4) is 0 Å². The summed E-state index contributed by atoms with van der Waals surface area (Å²) in [4.78, 5) is 0. The van der Waals surface area contributed by atoms with Gasteiger partial charge in [0.2, 0.25) is 0 Å². The third-order valence-corrected chi connectivity index (χ3v) is 16.5. The highest BCUT2D eigenvalue weighted by molar-refractivity contribution is 7.29. The molecule has 1 atom stereocenters. The van der Waals surface area contributed by atoms with Gasteiger partial charge >= 0.3 is 8.48 Å². The van der Waals surface area contributed by atoms with Crippen LogP contribution in [0.1, 0.15) is 0 Å². The van der Waals surface area contributed by atoms with Crippen molar-refractivity contribution in [2.75, 3.05) is 0 Å². The van der Waals surface area contributed by atoms with E-state index in [1.807, 2.05) is 0 Å². The van der Waals surface area contributed by atoms with Gasteiger partial charge in [-0.3, -0.25) is 0 Å². The van der Waals surface area contributed by atoms with Crippen LogP contribution in [-0.4, -0.2) is 24.6 Å². The molecule has 0 radical (unpaired) electrons. The minimum absolute atomic E-state index is 0. The fraction of sp³-hybridized carbons (Fsp3) is 0.857. The molecule has 0 rings (SSSR count). The van der Waals surface area contributed by atoms with Crippen molar-refractivity contribution in [3.63, 3.8) is 0 Å². The van der Waals surface area contributed by atoms with Gasteiger partial charge in [-0.15, -0.1) is 0 Å². The molecular formula is C7H25NOSi3. The van der Waals surface area contributed by atoms with Crippen molar-refractivity contribution in [1.29, 1.82) is 0 Å². The van der Waals surface area contributed by atoms with Gasteiger partial charge in [0, 0.05) is 13.1 Å². The van der Waals surface area contributed by atoms with E-state index in [9.17, 15) is 0 Å². The first-order valence-corrected chi connectivity index (χ1v) is 14.2. The Morgan fingerprint density at radius 1 is 1.08 bits per heavy atom. The summed E-state index contributed by atoms with van der Waals surface area (Å²) in [6.45, 7) is 13.9. The highest BCUT2D eigenvalue weighted by Gasteiger charge is 2.34. The van der Waals surface area contributed by atoms with Gasteiger partial charge in [-0.1, -0.05) is 26.2 Å². The highest BCUT2D eigenvalue weighted by atomic mass is 29.2. The minimum atomic E-state index is -1.48. The quantitative estimate of drug-likeness (QED) is 0.566. The molecule has 0 aromatic heterocycles. The summed E-state index contributed by atoms with van der Waals surface area (Å²) in [7, 11) is -3.32. The van der Waals surface area contributed by atoms with Gasteiger partial charge in [-0.2, -0.15) is 0 Å². The first-order chi connectivity index (χ1) is 4.63. The van der Waals surface area contributed by atoms with E-state index >= 15 is 0 Å². The molecule has 3 N–H and O–H groups in total. The van der Waals surface area contributed by atoms with E-state index in [2.05, 4.69) is 44.7 Å². The summed E-state index contributed by atoms with van der Waals surface area (Å²) in [6, 6.07) is 0. The summed E-state index contributed by atoms with van der Waals surface area (Å²) in [5.41, 5.74) is 0. The molecule has 0 spiro atoms. The van der Waals surface area contributed by atoms with E-state index in [0.717, 1.165) is 0 Å². The van der Waals surface area contributed by atoms with Crippen LogP contribution < -0.4 is 5.40 Å². The minimum Gasteiger partial charge on any atom is -0.418 e. The standard InChI is InChI=1S/C6H22NOSi3.CH3/c1-9(10(2,3)4)8-11(5,6)7;/h9H,1-7H3;1H3/q+1;-1. The maximum absolute atomic E-state index is 6.03. The second-order valence-electron chi connectivity index (χ2n) is 4.89. The van der Waals surface area contributed by atoms with E-state index in [1.165, 1.54) is 0 Å². The van der Waals surface area contributed by atoms with Crippen molar-refractivity contribution in [2.45, 2.75) is 39.3 Å². The van der Waals surface area contributed by atoms with Crippen LogP contribution in [0.4, 0.5) is 0 Å². The van der Waals surface area contributed by atoms with Crippen LogP contribution in [0.15, 0.2) is 0 Å². The van der Waals surface area contributed by atoms with E-state index < -0.39 is 24.6 Å². The van der Waals surface area contributed by atoms with Crippen LogP contribution in [0, 0.1) is 7.43 Å². The van der Waals surface area contributed by atoms with Crippen molar-refractivity contribution in [3.05, 3.63) is 7.43 Å². The smallest absolute Gasteiger partial charge is 0.415 e. The Morgan fingerprint density at radius 2 is 1.42 bits per heavy atom. The van der Waals surface area contributed by atoms with Crippen molar-refractivity contribution in [2.24, 2.45) is 0 Å². The third-order valence-electron chi connectivity index (χ3n) is 1.72. The summed E-state index contributed by atoms with van der Waals surface area (Å²) in [5.74, 6) is 0. The average molecular weight is 224 g/mol. The van der Waals surface area contributed by atoms with E-state index in [-0.39, 0.29) is 7.43 Å². The molecule has 76 valence electrons. The van der Waals surface area contributed by atoms with Crippen molar-refractivity contribution >= 4 is 24.6 Å². The molecule has 0 saturated carbocycles. The van der Waals surface area contributed by atoms with Gasteiger partial charge in [-0.05, 0) is 0 Å². The molecule has 0 amide bonds. The lowest BCUT2D eigenvalue weighted by Gasteiger charge is -2.27. The molecule has 2 nitrogen and oxygen atoms in total. The van der Waals surface area contributed by atoms with Crippen LogP contribution in [-0.2, 0) is 4.12 Å². The van der Waals surface area contributed by atoms with Gasteiger partial charge in [0.15, 0.2) is 8.56 Å². The van der Waals surface area contributed by atoms with E-state index in [1.54, 1.807) is 0 Å². The Labute approximate surface area is 81.2 Å². The molecular weight excluding hydrogens is 198 g/mol. The van der Waals surface area contributed by atoms with Crippen molar-refractivity contribution < 1.29 is 9.51 Å². The molecule has 0 bridgehead atoms. The Hall–Kier alpha value is 0.571. The fourth-order valence-electron chi connectivity index (χ4n) is 0.655. The largest absolute Gasteiger partial charge is 0.418 e. The zero-order valence-corrected chi connectivity index (χ0v) is 12.8. The zero-order chi connectivity index (χ0) is 9.28. The highest BCUT2D eigenvalue weighted by Crippen LogP contribution is 2.09. The second kappa shape index (κ2) is 4.71. The van der Waals surface area contributed by atoms with Crippen LogP contribution in [0.3, 0.4) is 0 Å². The Morgan fingerprint density at radius 3 is 1.50 bits per heavy atom. The fourth-order valence-corrected chi connectivity index (χ4v) is 12.0. The lowest BCUT2D eigenvalue weighted by Crippen LogP contribution is -2.77. The SMILES string of the molecule is C[SiH](O[Si](C)(C)[NH3+])[Si](C)(C)C.[CH3-]. The molecule has 5 heteroatoms. The van der Waals surface area contributed by atoms with Crippen LogP contribution in [0.25, 0.3) is 0 Å². The van der Waals surface area contributed by atoms with Gasteiger partial charge in [0.25, 0.3) is 0 Å². The normalized spacial score (nSPS) is 15.2. The zero-order valence-electron chi connectivity index (χ0n) is 9.69. The molecule has 0 aromatic rings. The molecule has 0 heterocycles. The Balaban J connectivity index is 0. The predicted molar refractivity (Wildman–Crippen MR) is 64.2 cm³/mol. The first-order valence-electron chi connectivity index (χ1n) is 4.16. The Bertz CT molecular complexity index is 128. The molecule has 1 unspecified atom stereocenters.